The molecule has 7 heteroatoms. The van der Waals surface area contributed by atoms with Gasteiger partial charge in [-0.2, -0.15) is 0 Å². The van der Waals surface area contributed by atoms with Gasteiger partial charge in [0.15, 0.2) is 0 Å². The first-order valence-electron chi connectivity index (χ1n) is 5.20. The van der Waals surface area contributed by atoms with Crippen molar-refractivity contribution >= 4 is 11.4 Å². The summed E-state index contributed by atoms with van der Waals surface area (Å²) in [6.45, 7) is 0. The molecule has 0 heterocycles. The Kier molecular flexibility index (Phi) is 4.05. The van der Waals surface area contributed by atoms with Gasteiger partial charge in [-0.05, 0) is 0 Å². The summed E-state index contributed by atoms with van der Waals surface area (Å²) in [4.78, 5) is 20.2. The summed E-state index contributed by atoms with van der Waals surface area (Å²) in [5, 5.41) is 21.0. The van der Waals surface area contributed by atoms with Crippen LogP contribution in [0.1, 0.15) is 0 Å². The van der Waals surface area contributed by atoms with Gasteiger partial charge < -0.3 is 0 Å². The molecule has 19 heavy (non-hydrogen) atoms. The van der Waals surface area contributed by atoms with Gasteiger partial charge >= 0.3 is 118 Å². The van der Waals surface area contributed by atoms with Gasteiger partial charge in [-0.25, -0.2) is 0 Å². The molecule has 0 aliphatic rings. The van der Waals surface area contributed by atoms with Crippen LogP contribution in [-0.2, 0) is 0 Å². The van der Waals surface area contributed by atoms with E-state index in [-0.39, 0.29) is 11.4 Å². The van der Waals surface area contributed by atoms with Gasteiger partial charge in [0, 0.05) is 0 Å². The number of halogens is 1. The van der Waals surface area contributed by atoms with Crippen molar-refractivity contribution in [2.24, 2.45) is 0 Å². The molecular weight excluding hydrogens is 363 g/mol. The topological polar surface area (TPSA) is 86.3 Å². The fourth-order valence-electron chi connectivity index (χ4n) is 1.38. The molecule has 0 saturated carbocycles. The summed E-state index contributed by atoms with van der Waals surface area (Å²) in [6.07, 6.45) is 0. The van der Waals surface area contributed by atoms with Gasteiger partial charge in [0.2, 0.25) is 0 Å². The molecule has 0 unspecified atom stereocenters. The van der Waals surface area contributed by atoms with E-state index in [9.17, 15) is 20.2 Å². The van der Waals surface area contributed by atoms with Crippen LogP contribution >= 0.6 is 0 Å². The maximum atomic E-state index is 10.5. The van der Waals surface area contributed by atoms with Crippen LogP contribution in [0.5, 0.6) is 0 Å². The van der Waals surface area contributed by atoms with Gasteiger partial charge in [0.1, 0.15) is 0 Å². The van der Waals surface area contributed by atoms with E-state index in [0.29, 0.717) is 0 Å². The van der Waals surface area contributed by atoms with Crippen LogP contribution in [0.2, 0.25) is 0 Å². The summed E-state index contributed by atoms with van der Waals surface area (Å²) in [6, 6.07) is 12.8. The molecule has 0 fully saturated rings. The normalized spacial score (nSPS) is 10.3. The van der Waals surface area contributed by atoms with E-state index < -0.39 is 31.1 Å². The average molecular weight is 371 g/mol. The van der Waals surface area contributed by atoms with Crippen LogP contribution in [0.4, 0.5) is 11.4 Å². The fourth-order valence-corrected chi connectivity index (χ4v) is 3.54. The quantitative estimate of drug-likeness (QED) is 0.417. The van der Waals surface area contributed by atoms with Crippen molar-refractivity contribution in [3.63, 3.8) is 0 Å². The number of nitro benzene ring substituents is 2. The van der Waals surface area contributed by atoms with Crippen molar-refractivity contribution in [3.05, 3.63) is 75.9 Å². The van der Waals surface area contributed by atoms with Crippen LogP contribution < -0.4 is 21.2 Å². The SMILES string of the molecule is O=[N+]([O-])c1ccc([I-]c2ccc([N+](=O)[O-])cc2)cc1. The Morgan fingerprint density at radius 3 is 1.26 bits per heavy atom. The second-order valence-corrected chi connectivity index (χ2v) is 6.59. The van der Waals surface area contributed by atoms with Crippen molar-refractivity contribution in [3.8, 4) is 0 Å². The molecule has 0 saturated heterocycles. The number of rotatable bonds is 4. The summed E-state index contributed by atoms with van der Waals surface area (Å²) in [5.41, 5.74) is 0.132. The Balaban J connectivity index is 2.12. The number of hydrogen-bond acceptors (Lipinski definition) is 4. The molecule has 2 rings (SSSR count). The predicted octanol–water partition coefficient (Wildman–Crippen LogP) is -0.369. The predicted molar refractivity (Wildman–Crippen MR) is 63.6 cm³/mol. The molecule has 98 valence electrons. The van der Waals surface area contributed by atoms with E-state index in [0.717, 1.165) is 7.14 Å². The monoisotopic (exact) mass is 371 g/mol. The summed E-state index contributed by atoms with van der Waals surface area (Å²) in [7, 11) is 0. The van der Waals surface area contributed by atoms with Crippen molar-refractivity contribution in [1.29, 1.82) is 0 Å². The molecule has 0 amide bonds. The van der Waals surface area contributed by atoms with Gasteiger partial charge in [0.05, 0.1) is 0 Å². The van der Waals surface area contributed by atoms with Gasteiger partial charge in [-0.3, -0.25) is 0 Å². The second-order valence-electron chi connectivity index (χ2n) is 3.56. The molecule has 0 aromatic heterocycles. The molecule has 0 aliphatic carbocycles. The number of non-ortho nitro benzene ring substituents is 2. The molecule has 0 aliphatic heterocycles. The maximum absolute atomic E-state index is 10.5. The van der Waals surface area contributed by atoms with Crippen molar-refractivity contribution in [2.45, 2.75) is 0 Å². The molecule has 0 radical (unpaired) electrons. The van der Waals surface area contributed by atoms with Crippen LogP contribution in [0, 0.1) is 27.4 Å². The molecule has 2 aromatic carbocycles. The number of nitrogens with zero attached hydrogens (tertiary/aromatic N) is 2. The van der Waals surface area contributed by atoms with E-state index in [1.54, 1.807) is 24.3 Å². The molecular formula is C12H8IN2O4-. The summed E-state index contributed by atoms with van der Waals surface area (Å²) >= 11 is -0.482. The van der Waals surface area contributed by atoms with Crippen molar-refractivity contribution < 1.29 is 31.1 Å². The van der Waals surface area contributed by atoms with Crippen molar-refractivity contribution in [1.82, 2.24) is 0 Å². The molecule has 0 bridgehead atoms. The summed E-state index contributed by atoms with van der Waals surface area (Å²) < 4.78 is 2.05. The Labute approximate surface area is 118 Å². The van der Waals surface area contributed by atoms with Crippen LogP contribution in [0.3, 0.4) is 0 Å². The zero-order valence-electron chi connectivity index (χ0n) is 9.52. The average Bonchev–Trinajstić information content (AvgIpc) is 2.40. The molecule has 2 aromatic rings. The van der Waals surface area contributed by atoms with Crippen molar-refractivity contribution in [2.75, 3.05) is 0 Å². The van der Waals surface area contributed by atoms with Crippen LogP contribution in [0.25, 0.3) is 0 Å². The Morgan fingerprint density at radius 1 is 0.684 bits per heavy atom. The van der Waals surface area contributed by atoms with E-state index in [1.807, 2.05) is 0 Å². The first kappa shape index (κ1) is 13.4. The van der Waals surface area contributed by atoms with Gasteiger partial charge in [0.25, 0.3) is 0 Å². The Morgan fingerprint density at radius 2 is 1.00 bits per heavy atom. The third kappa shape index (κ3) is 3.47. The second kappa shape index (κ2) is 5.74. The van der Waals surface area contributed by atoms with E-state index in [1.165, 1.54) is 24.3 Å². The van der Waals surface area contributed by atoms with Gasteiger partial charge in [-0.1, -0.05) is 0 Å². The minimum absolute atomic E-state index is 0.0662. The first-order chi connectivity index (χ1) is 9.06. The minimum atomic E-state index is -0.482. The molecule has 0 atom stereocenters. The zero-order chi connectivity index (χ0) is 13.8. The Hall–Kier alpha value is -2.03. The number of benzene rings is 2. The molecule has 0 spiro atoms. The zero-order valence-corrected chi connectivity index (χ0v) is 11.7. The molecule has 6 nitrogen and oxygen atoms in total. The molecule has 0 N–H and O–H groups in total. The van der Waals surface area contributed by atoms with E-state index in [2.05, 4.69) is 0 Å². The first-order valence-corrected chi connectivity index (χ1v) is 7.36. The summed E-state index contributed by atoms with van der Waals surface area (Å²) in [5.74, 6) is 0. The number of hydrogen-bond donors (Lipinski definition) is 0. The third-order valence-corrected chi connectivity index (χ3v) is 4.98. The fraction of sp³-hybridized carbons (Fsp3) is 0. The van der Waals surface area contributed by atoms with Gasteiger partial charge in [-0.15, -0.1) is 0 Å². The standard InChI is InChI=1S/C12H8IN2O4/c16-14(17)11-5-1-9(2-6-11)13-10-3-7-12(8-4-10)15(18)19/h1-8H/q-1. The third-order valence-electron chi connectivity index (χ3n) is 2.29. The van der Waals surface area contributed by atoms with E-state index >= 15 is 0 Å². The van der Waals surface area contributed by atoms with E-state index in [4.69, 9.17) is 0 Å². The van der Waals surface area contributed by atoms with Crippen LogP contribution in [-0.4, -0.2) is 9.85 Å². The Bertz CT molecular complexity index is 555. The number of nitro groups is 2. The van der Waals surface area contributed by atoms with Crippen LogP contribution in [0.15, 0.2) is 48.5 Å².